The van der Waals surface area contributed by atoms with E-state index in [1.807, 2.05) is 6.08 Å². The van der Waals surface area contributed by atoms with Crippen molar-refractivity contribution < 1.29 is 0 Å². The van der Waals surface area contributed by atoms with E-state index >= 15 is 0 Å². The monoisotopic (exact) mass is 199 g/mol. The average Bonchev–Trinajstić information content (AvgIpc) is 3.11. The van der Waals surface area contributed by atoms with Crippen molar-refractivity contribution in [2.45, 2.75) is 38.0 Å². The molecule has 0 spiro atoms. The Labute approximate surface area is 93.0 Å². The molecule has 0 heterocycles. The van der Waals surface area contributed by atoms with E-state index in [-0.39, 0.29) is 5.92 Å². The van der Waals surface area contributed by atoms with E-state index in [1.54, 1.807) is 0 Å². The van der Waals surface area contributed by atoms with E-state index in [0.29, 0.717) is 0 Å². The van der Waals surface area contributed by atoms with Gasteiger partial charge in [-0.1, -0.05) is 31.2 Å². The fraction of sp³-hybridized carbons (Fsp3) is 0.400. The smallest absolute Gasteiger partial charge is 0.00158 e. The minimum atomic E-state index is 0.231. The van der Waals surface area contributed by atoms with Crippen molar-refractivity contribution in [1.29, 1.82) is 0 Å². The van der Waals surface area contributed by atoms with E-state index in [1.165, 1.54) is 29.5 Å². The summed E-state index contributed by atoms with van der Waals surface area (Å²) >= 11 is 0. The highest BCUT2D eigenvalue weighted by molar-refractivity contribution is 5.37. The third kappa shape index (κ3) is 2.31. The summed E-state index contributed by atoms with van der Waals surface area (Å²) in [5.41, 5.74) is 4.27. The Kier molecular flexibility index (Phi) is 2.95. The molecule has 0 heteroatoms. The van der Waals surface area contributed by atoms with Crippen molar-refractivity contribution in [3.63, 3.8) is 0 Å². The molecule has 1 aromatic rings. The molecule has 2 rings (SSSR count). The molecule has 1 fully saturated rings. The van der Waals surface area contributed by atoms with E-state index in [9.17, 15) is 0 Å². The van der Waals surface area contributed by atoms with Gasteiger partial charge in [0.2, 0.25) is 0 Å². The van der Waals surface area contributed by atoms with E-state index in [4.69, 9.17) is 0 Å². The maximum atomic E-state index is 4.10. The van der Waals surface area contributed by atoms with Gasteiger partial charge in [0.1, 0.15) is 0 Å². The third-order valence-electron chi connectivity index (χ3n) is 3.21. The Bertz CT molecular complexity index is 358. The molecule has 0 saturated heterocycles. The van der Waals surface area contributed by atoms with Gasteiger partial charge in [0.05, 0.1) is 0 Å². The average molecular weight is 199 g/mol. The first-order valence-electron chi connectivity index (χ1n) is 5.84. The summed E-state index contributed by atoms with van der Waals surface area (Å²) in [5.74, 6) is 1.06. The highest BCUT2D eigenvalue weighted by atomic mass is 14.3. The van der Waals surface area contributed by atoms with Crippen molar-refractivity contribution in [3.05, 3.63) is 54.5 Å². The van der Waals surface area contributed by atoms with Gasteiger partial charge in [-0.05, 0) is 48.8 Å². The van der Waals surface area contributed by atoms with Crippen LogP contribution >= 0.6 is 0 Å². The van der Waals surface area contributed by atoms with Crippen LogP contribution in [0.1, 0.15) is 48.3 Å². The normalized spacial score (nSPS) is 17.5. The molecule has 0 aliphatic heterocycles. The predicted octanol–water partition coefficient (Wildman–Crippen LogP) is 4.23. The van der Waals surface area contributed by atoms with Crippen LogP contribution < -0.4 is 0 Å². The van der Waals surface area contributed by atoms with E-state index < -0.39 is 0 Å². The molecule has 1 saturated carbocycles. The molecule has 79 valence electrons. The number of hydrogen-bond donors (Lipinski definition) is 0. The van der Waals surface area contributed by atoms with Crippen LogP contribution in [0.2, 0.25) is 0 Å². The molecule has 15 heavy (non-hydrogen) atoms. The Morgan fingerprint density at radius 1 is 1.40 bits per heavy atom. The van der Waals surface area contributed by atoms with Gasteiger partial charge in [0.15, 0.2) is 0 Å². The quantitative estimate of drug-likeness (QED) is 0.636. The fourth-order valence-corrected chi connectivity index (χ4v) is 1.95. The van der Waals surface area contributed by atoms with Crippen LogP contribution in [-0.4, -0.2) is 0 Å². The molecule has 1 aromatic carbocycles. The van der Waals surface area contributed by atoms with Gasteiger partial charge in [0, 0.05) is 5.92 Å². The maximum Gasteiger partial charge on any atom is 0.00158 e. The largest absolute Gasteiger partial charge is 0.102 e. The highest BCUT2D eigenvalue weighted by Crippen LogP contribution is 2.41. The van der Waals surface area contributed by atoms with Crippen molar-refractivity contribution in [2.75, 3.05) is 0 Å². The molecule has 0 nitrogen and oxygen atoms in total. The SMILES string of the molecule is [CH2]C(C=C)c1cc(CC)cc(C2CC2)c1. The summed E-state index contributed by atoms with van der Waals surface area (Å²) in [6.45, 7) is 10.1. The number of hydrogen-bond acceptors (Lipinski definition) is 0. The summed E-state index contributed by atoms with van der Waals surface area (Å²) in [7, 11) is 0. The maximum absolute atomic E-state index is 4.10. The number of benzene rings is 1. The van der Waals surface area contributed by atoms with Crippen LogP contribution in [0.4, 0.5) is 0 Å². The van der Waals surface area contributed by atoms with Crippen LogP contribution in [0.25, 0.3) is 0 Å². The van der Waals surface area contributed by atoms with Crippen LogP contribution in [-0.2, 0) is 6.42 Å². The van der Waals surface area contributed by atoms with Crippen molar-refractivity contribution in [2.24, 2.45) is 0 Å². The van der Waals surface area contributed by atoms with Crippen LogP contribution in [0.3, 0.4) is 0 Å². The Morgan fingerprint density at radius 2 is 2.13 bits per heavy atom. The Hall–Kier alpha value is -1.04. The summed E-state index contributed by atoms with van der Waals surface area (Å²) in [6.07, 6.45) is 5.76. The molecule has 1 aliphatic rings. The number of aryl methyl sites for hydroxylation is 1. The van der Waals surface area contributed by atoms with Crippen LogP contribution in [0, 0.1) is 6.92 Å². The molecule has 1 atom stereocenters. The van der Waals surface area contributed by atoms with Crippen molar-refractivity contribution >= 4 is 0 Å². The molecule has 0 amide bonds. The van der Waals surface area contributed by atoms with Gasteiger partial charge in [-0.2, -0.15) is 0 Å². The lowest BCUT2D eigenvalue weighted by molar-refractivity contribution is 1.02. The molecule has 0 aromatic heterocycles. The van der Waals surface area contributed by atoms with Gasteiger partial charge < -0.3 is 0 Å². The standard InChI is InChI=1S/C15H19/c1-4-11(3)14-8-12(5-2)9-15(10-14)13-6-7-13/h4,8-11,13H,1,3,5-7H2,2H3. The van der Waals surface area contributed by atoms with Gasteiger partial charge in [-0.3, -0.25) is 0 Å². The van der Waals surface area contributed by atoms with Crippen LogP contribution in [0.5, 0.6) is 0 Å². The zero-order valence-corrected chi connectivity index (χ0v) is 9.50. The lowest BCUT2D eigenvalue weighted by Gasteiger charge is -2.11. The van der Waals surface area contributed by atoms with Gasteiger partial charge >= 0.3 is 0 Å². The number of allylic oxidation sites excluding steroid dienone is 1. The first-order valence-corrected chi connectivity index (χ1v) is 5.84. The van der Waals surface area contributed by atoms with Gasteiger partial charge in [-0.15, -0.1) is 6.58 Å². The lowest BCUT2D eigenvalue weighted by Crippen LogP contribution is -1.94. The molecule has 0 bridgehead atoms. The second kappa shape index (κ2) is 4.22. The zero-order chi connectivity index (χ0) is 10.8. The molecule has 0 N–H and O–H groups in total. The molecular formula is C15H19. The molecule has 1 aliphatic carbocycles. The van der Waals surface area contributed by atoms with Gasteiger partial charge in [-0.25, -0.2) is 0 Å². The second-order valence-corrected chi connectivity index (χ2v) is 4.48. The van der Waals surface area contributed by atoms with Crippen molar-refractivity contribution in [3.8, 4) is 0 Å². The summed E-state index contributed by atoms with van der Waals surface area (Å²) < 4.78 is 0. The predicted molar refractivity (Wildman–Crippen MR) is 66.1 cm³/mol. The minimum Gasteiger partial charge on any atom is -0.102 e. The second-order valence-electron chi connectivity index (χ2n) is 4.48. The lowest BCUT2D eigenvalue weighted by atomic mass is 9.94. The topological polar surface area (TPSA) is 0 Å². The summed E-state index contributed by atoms with van der Waals surface area (Å²) in [4.78, 5) is 0. The molecule has 1 radical (unpaired) electrons. The first-order chi connectivity index (χ1) is 7.24. The van der Waals surface area contributed by atoms with E-state index in [0.717, 1.165) is 12.3 Å². The summed E-state index contributed by atoms with van der Waals surface area (Å²) in [5, 5.41) is 0. The Morgan fingerprint density at radius 3 is 2.67 bits per heavy atom. The highest BCUT2D eigenvalue weighted by Gasteiger charge is 2.24. The molecular weight excluding hydrogens is 180 g/mol. The van der Waals surface area contributed by atoms with E-state index in [2.05, 4.69) is 38.6 Å². The summed E-state index contributed by atoms with van der Waals surface area (Å²) in [6, 6.07) is 6.94. The first kappa shape index (κ1) is 10.5. The minimum absolute atomic E-state index is 0.231. The van der Waals surface area contributed by atoms with Crippen LogP contribution in [0.15, 0.2) is 30.9 Å². The Balaban J connectivity index is 2.36. The third-order valence-corrected chi connectivity index (χ3v) is 3.21. The number of rotatable bonds is 4. The zero-order valence-electron chi connectivity index (χ0n) is 9.50. The van der Waals surface area contributed by atoms with Crippen molar-refractivity contribution in [1.82, 2.24) is 0 Å². The van der Waals surface area contributed by atoms with Gasteiger partial charge in [0.25, 0.3) is 0 Å². The molecule has 1 unspecified atom stereocenters. The fourth-order valence-electron chi connectivity index (χ4n) is 1.95.